The van der Waals surface area contributed by atoms with Crippen LogP contribution in [0.25, 0.3) is 10.9 Å². The SMILES string of the molecule is CC.COc1cc2ncnc(Nc3cccc(Cl)c3F)c2cc1CN(C)C1(C(=O)O)CCN(C)CC1. The number of anilines is 2. The van der Waals surface area contributed by atoms with E-state index in [1.807, 2.05) is 38.9 Å². The Labute approximate surface area is 216 Å². The van der Waals surface area contributed by atoms with Gasteiger partial charge in [0, 0.05) is 36.7 Å². The summed E-state index contributed by atoms with van der Waals surface area (Å²) >= 11 is 5.92. The molecule has 1 aliphatic rings. The summed E-state index contributed by atoms with van der Waals surface area (Å²) in [6.45, 7) is 5.76. The van der Waals surface area contributed by atoms with Crippen molar-refractivity contribution < 1.29 is 19.0 Å². The number of likely N-dealkylation sites (N-methyl/N-ethyl adjacent to an activating group) is 1. The molecule has 0 radical (unpaired) electrons. The van der Waals surface area contributed by atoms with Crippen LogP contribution in [0.3, 0.4) is 0 Å². The molecule has 2 N–H and O–H groups in total. The molecule has 36 heavy (non-hydrogen) atoms. The van der Waals surface area contributed by atoms with Crippen LogP contribution in [0.2, 0.25) is 5.02 Å². The first-order valence-corrected chi connectivity index (χ1v) is 12.3. The number of nitrogens with one attached hydrogen (secondary N) is 1. The highest BCUT2D eigenvalue weighted by Crippen LogP contribution is 2.35. The van der Waals surface area contributed by atoms with Gasteiger partial charge in [-0.3, -0.25) is 9.69 Å². The summed E-state index contributed by atoms with van der Waals surface area (Å²) in [5, 5.41) is 13.8. The van der Waals surface area contributed by atoms with E-state index in [-0.39, 0.29) is 10.7 Å². The van der Waals surface area contributed by atoms with E-state index in [0.717, 1.165) is 5.56 Å². The van der Waals surface area contributed by atoms with Gasteiger partial charge in [-0.05, 0) is 45.1 Å². The van der Waals surface area contributed by atoms with Crippen LogP contribution < -0.4 is 10.1 Å². The number of hydrogen-bond acceptors (Lipinski definition) is 7. The number of rotatable bonds is 7. The van der Waals surface area contributed by atoms with E-state index in [2.05, 4.69) is 20.2 Å². The fourth-order valence-corrected chi connectivity index (χ4v) is 4.60. The lowest BCUT2D eigenvalue weighted by molar-refractivity contribution is -0.154. The number of carbonyl (C=O) groups is 1. The van der Waals surface area contributed by atoms with Crippen LogP contribution in [0, 0.1) is 5.82 Å². The van der Waals surface area contributed by atoms with Crippen molar-refractivity contribution >= 4 is 40.0 Å². The van der Waals surface area contributed by atoms with E-state index in [1.54, 1.807) is 25.3 Å². The van der Waals surface area contributed by atoms with Crippen molar-refractivity contribution in [1.82, 2.24) is 19.8 Å². The zero-order chi connectivity index (χ0) is 26.5. The second kappa shape index (κ2) is 11.8. The highest BCUT2D eigenvalue weighted by molar-refractivity contribution is 6.31. The molecular weight excluding hydrogens is 485 g/mol. The molecular formula is C26H33ClFN5O3. The maximum absolute atomic E-state index is 14.5. The number of fused-ring (bicyclic) bond motifs is 1. The van der Waals surface area contributed by atoms with Gasteiger partial charge in [-0.1, -0.05) is 31.5 Å². The zero-order valence-electron chi connectivity index (χ0n) is 21.3. The molecule has 1 saturated heterocycles. The van der Waals surface area contributed by atoms with Crippen molar-refractivity contribution in [3.63, 3.8) is 0 Å². The molecule has 10 heteroatoms. The number of nitrogens with zero attached hydrogens (tertiary/aromatic N) is 4. The number of carboxylic acid groups (broad SMARTS) is 1. The molecule has 3 aromatic rings. The van der Waals surface area contributed by atoms with E-state index >= 15 is 0 Å². The standard InChI is InChI=1S/C24H27ClFN5O3.C2H6/c1-30-9-7-24(8-10-30,23(32)33)31(2)13-15-11-16-19(12-20(15)34-3)27-14-28-22(16)29-18-6-4-5-17(25)21(18)26;1-2/h4-6,11-12,14H,7-10,13H2,1-3H3,(H,32,33)(H,27,28,29);1-2H3. The Kier molecular flexibility index (Phi) is 9.05. The molecule has 0 atom stereocenters. The minimum absolute atomic E-state index is 0.00411. The summed E-state index contributed by atoms with van der Waals surface area (Å²) < 4.78 is 20.1. The molecule has 1 fully saturated rings. The van der Waals surface area contributed by atoms with Crippen molar-refractivity contribution in [3.05, 3.63) is 53.1 Å². The average Bonchev–Trinajstić information content (AvgIpc) is 2.88. The molecule has 0 amide bonds. The number of aromatic nitrogens is 2. The smallest absolute Gasteiger partial charge is 0.324 e. The highest BCUT2D eigenvalue weighted by atomic mass is 35.5. The maximum Gasteiger partial charge on any atom is 0.324 e. The van der Waals surface area contributed by atoms with Crippen molar-refractivity contribution in [2.24, 2.45) is 0 Å². The van der Waals surface area contributed by atoms with Crippen LogP contribution in [0.15, 0.2) is 36.7 Å². The highest BCUT2D eigenvalue weighted by Gasteiger charge is 2.44. The molecule has 0 spiro atoms. The van der Waals surface area contributed by atoms with E-state index < -0.39 is 17.3 Å². The normalized spacial score (nSPS) is 15.3. The van der Waals surface area contributed by atoms with Crippen LogP contribution >= 0.6 is 11.6 Å². The topological polar surface area (TPSA) is 90.8 Å². The Bertz CT molecular complexity index is 1220. The summed E-state index contributed by atoms with van der Waals surface area (Å²) in [6.07, 6.45) is 2.43. The van der Waals surface area contributed by atoms with Crippen molar-refractivity contribution in [1.29, 1.82) is 0 Å². The number of piperidine rings is 1. The lowest BCUT2D eigenvalue weighted by atomic mass is 9.85. The number of aliphatic carboxylic acids is 1. The third-order valence-corrected chi connectivity index (χ3v) is 6.88. The second-order valence-corrected chi connectivity index (χ2v) is 9.03. The first-order chi connectivity index (χ1) is 17.2. The Morgan fingerprint density at radius 3 is 2.61 bits per heavy atom. The molecule has 1 aromatic heterocycles. The Morgan fingerprint density at radius 2 is 1.97 bits per heavy atom. The predicted molar refractivity (Wildman–Crippen MR) is 141 cm³/mol. The first kappa shape index (κ1) is 27.6. The summed E-state index contributed by atoms with van der Waals surface area (Å²) in [4.78, 5) is 25.0. The number of ether oxygens (including phenoxy) is 1. The molecule has 0 bridgehead atoms. The Balaban J connectivity index is 0.00000176. The van der Waals surface area contributed by atoms with Crippen molar-refractivity contribution in [2.45, 2.75) is 38.8 Å². The third-order valence-electron chi connectivity index (χ3n) is 6.59. The summed E-state index contributed by atoms with van der Waals surface area (Å²) in [7, 11) is 5.38. The van der Waals surface area contributed by atoms with Gasteiger partial charge in [-0.15, -0.1) is 0 Å². The zero-order valence-corrected chi connectivity index (χ0v) is 22.1. The van der Waals surface area contributed by atoms with Crippen LogP contribution in [0.4, 0.5) is 15.9 Å². The van der Waals surface area contributed by atoms with Gasteiger partial charge in [-0.2, -0.15) is 0 Å². The maximum atomic E-state index is 14.5. The van der Waals surface area contributed by atoms with E-state index in [4.69, 9.17) is 16.3 Å². The molecule has 0 saturated carbocycles. The number of hydrogen-bond donors (Lipinski definition) is 2. The van der Waals surface area contributed by atoms with Gasteiger partial charge in [0.15, 0.2) is 5.82 Å². The summed E-state index contributed by atoms with van der Waals surface area (Å²) in [5.74, 6) is -0.406. The van der Waals surface area contributed by atoms with Crippen LogP contribution in [-0.4, -0.2) is 70.7 Å². The fourth-order valence-electron chi connectivity index (χ4n) is 4.42. The van der Waals surface area contributed by atoms with Crippen LogP contribution in [-0.2, 0) is 11.3 Å². The quantitative estimate of drug-likeness (QED) is 0.443. The van der Waals surface area contributed by atoms with Gasteiger partial charge >= 0.3 is 5.97 Å². The largest absolute Gasteiger partial charge is 0.496 e. The molecule has 4 rings (SSSR count). The predicted octanol–water partition coefficient (Wildman–Crippen LogP) is 5.18. The van der Waals surface area contributed by atoms with E-state index in [9.17, 15) is 14.3 Å². The Morgan fingerprint density at radius 1 is 1.28 bits per heavy atom. The molecule has 1 aliphatic heterocycles. The van der Waals surface area contributed by atoms with Crippen molar-refractivity contribution in [2.75, 3.05) is 39.6 Å². The van der Waals surface area contributed by atoms with E-state index in [0.29, 0.717) is 54.9 Å². The van der Waals surface area contributed by atoms with Gasteiger partial charge in [0.05, 0.1) is 23.3 Å². The van der Waals surface area contributed by atoms with Gasteiger partial charge in [0.25, 0.3) is 0 Å². The number of methoxy groups -OCH3 is 1. The summed E-state index contributed by atoms with van der Waals surface area (Å²) in [6, 6.07) is 8.33. The van der Waals surface area contributed by atoms with Gasteiger partial charge in [0.2, 0.25) is 0 Å². The third kappa shape index (κ3) is 5.53. The first-order valence-electron chi connectivity index (χ1n) is 11.9. The molecule has 8 nitrogen and oxygen atoms in total. The van der Waals surface area contributed by atoms with E-state index in [1.165, 1.54) is 12.4 Å². The summed E-state index contributed by atoms with van der Waals surface area (Å²) in [5.41, 5.74) is 0.611. The molecule has 0 unspecified atom stereocenters. The molecule has 194 valence electrons. The lowest BCUT2D eigenvalue weighted by Crippen LogP contribution is -2.58. The monoisotopic (exact) mass is 517 g/mol. The van der Waals surface area contributed by atoms with Gasteiger partial charge < -0.3 is 20.1 Å². The van der Waals surface area contributed by atoms with Crippen LogP contribution in [0.1, 0.15) is 32.3 Å². The number of benzene rings is 2. The second-order valence-electron chi connectivity index (χ2n) is 8.63. The minimum atomic E-state index is -0.968. The molecule has 2 heterocycles. The number of carboxylic acids is 1. The average molecular weight is 518 g/mol. The minimum Gasteiger partial charge on any atom is -0.496 e. The van der Waals surface area contributed by atoms with Gasteiger partial charge in [-0.25, -0.2) is 14.4 Å². The Hall–Kier alpha value is -3.01. The molecule has 0 aliphatic carbocycles. The number of halogens is 2. The van der Waals surface area contributed by atoms with Gasteiger partial charge in [0.1, 0.15) is 23.4 Å². The fraction of sp³-hybridized carbons (Fsp3) is 0.423. The number of likely N-dealkylation sites (tertiary alicyclic amines) is 1. The van der Waals surface area contributed by atoms with Crippen molar-refractivity contribution in [3.8, 4) is 5.75 Å². The lowest BCUT2D eigenvalue weighted by Gasteiger charge is -2.43. The molecule has 2 aromatic carbocycles. The van der Waals surface area contributed by atoms with Crippen LogP contribution in [0.5, 0.6) is 5.75 Å².